The van der Waals surface area contributed by atoms with E-state index in [4.69, 9.17) is 4.74 Å². The SMILES string of the molecule is CC1Cc2cc(-c3ccc(CNC(=O)C4CCCN4)cc3)ccc2O1. The van der Waals surface area contributed by atoms with Crippen LogP contribution < -0.4 is 15.4 Å². The average Bonchev–Trinajstić information content (AvgIpc) is 3.28. The number of benzene rings is 2. The van der Waals surface area contributed by atoms with Gasteiger partial charge in [0.25, 0.3) is 0 Å². The van der Waals surface area contributed by atoms with Gasteiger partial charge in [0.05, 0.1) is 6.04 Å². The lowest BCUT2D eigenvalue weighted by Gasteiger charge is -2.11. The fraction of sp³-hybridized carbons (Fsp3) is 0.381. The number of carbonyl (C=O) groups excluding carboxylic acids is 1. The number of fused-ring (bicyclic) bond motifs is 1. The third-order valence-corrected chi connectivity index (χ3v) is 5.03. The summed E-state index contributed by atoms with van der Waals surface area (Å²) in [5.41, 5.74) is 4.80. The molecule has 1 amide bonds. The van der Waals surface area contributed by atoms with Crippen LogP contribution in [0.5, 0.6) is 5.75 Å². The molecule has 0 aliphatic carbocycles. The Labute approximate surface area is 148 Å². The molecule has 0 saturated carbocycles. The molecular formula is C21H24N2O2. The van der Waals surface area contributed by atoms with E-state index in [1.54, 1.807) is 0 Å². The van der Waals surface area contributed by atoms with Crippen molar-refractivity contribution in [2.75, 3.05) is 6.54 Å². The van der Waals surface area contributed by atoms with E-state index in [0.29, 0.717) is 6.54 Å². The molecule has 0 radical (unpaired) electrons. The van der Waals surface area contributed by atoms with Crippen molar-refractivity contribution in [1.29, 1.82) is 0 Å². The van der Waals surface area contributed by atoms with E-state index in [1.165, 1.54) is 16.7 Å². The summed E-state index contributed by atoms with van der Waals surface area (Å²) in [6.07, 6.45) is 3.26. The Kier molecular flexibility index (Phi) is 4.45. The first-order valence-corrected chi connectivity index (χ1v) is 9.09. The lowest BCUT2D eigenvalue weighted by molar-refractivity contribution is -0.122. The van der Waals surface area contributed by atoms with Crippen molar-refractivity contribution in [3.63, 3.8) is 0 Å². The van der Waals surface area contributed by atoms with Crippen molar-refractivity contribution in [2.45, 2.75) is 44.9 Å². The van der Waals surface area contributed by atoms with Crippen molar-refractivity contribution in [2.24, 2.45) is 0 Å². The fourth-order valence-electron chi connectivity index (χ4n) is 3.64. The highest BCUT2D eigenvalue weighted by Gasteiger charge is 2.21. The predicted molar refractivity (Wildman–Crippen MR) is 98.5 cm³/mol. The third kappa shape index (κ3) is 3.54. The van der Waals surface area contributed by atoms with Gasteiger partial charge in [-0.25, -0.2) is 0 Å². The number of carbonyl (C=O) groups is 1. The molecule has 25 heavy (non-hydrogen) atoms. The Morgan fingerprint density at radius 1 is 1.20 bits per heavy atom. The van der Waals surface area contributed by atoms with Gasteiger partial charge in [-0.2, -0.15) is 0 Å². The van der Waals surface area contributed by atoms with Gasteiger partial charge in [0.1, 0.15) is 11.9 Å². The molecule has 4 rings (SSSR count). The number of hydrogen-bond donors (Lipinski definition) is 2. The van der Waals surface area contributed by atoms with Crippen LogP contribution in [-0.2, 0) is 17.8 Å². The first-order chi connectivity index (χ1) is 12.2. The number of nitrogens with one attached hydrogen (secondary N) is 2. The lowest BCUT2D eigenvalue weighted by Crippen LogP contribution is -2.39. The van der Waals surface area contributed by atoms with E-state index in [1.807, 2.05) is 0 Å². The molecule has 2 aromatic rings. The molecule has 130 valence electrons. The Bertz CT molecular complexity index is 764. The number of rotatable bonds is 4. The molecule has 2 unspecified atom stereocenters. The van der Waals surface area contributed by atoms with Crippen LogP contribution in [0.4, 0.5) is 0 Å². The van der Waals surface area contributed by atoms with Gasteiger partial charge in [0.2, 0.25) is 5.91 Å². The van der Waals surface area contributed by atoms with Crippen molar-refractivity contribution in [3.8, 4) is 16.9 Å². The molecule has 1 saturated heterocycles. The van der Waals surface area contributed by atoms with Crippen molar-refractivity contribution >= 4 is 5.91 Å². The smallest absolute Gasteiger partial charge is 0.237 e. The van der Waals surface area contributed by atoms with Crippen LogP contribution in [0.25, 0.3) is 11.1 Å². The van der Waals surface area contributed by atoms with Crippen LogP contribution in [0.2, 0.25) is 0 Å². The summed E-state index contributed by atoms with van der Waals surface area (Å²) < 4.78 is 5.77. The molecule has 4 nitrogen and oxygen atoms in total. The minimum Gasteiger partial charge on any atom is -0.490 e. The van der Waals surface area contributed by atoms with E-state index in [2.05, 4.69) is 60.0 Å². The maximum absolute atomic E-state index is 12.1. The summed E-state index contributed by atoms with van der Waals surface area (Å²) in [5, 5.41) is 6.25. The highest BCUT2D eigenvalue weighted by Crippen LogP contribution is 2.32. The molecule has 2 aliphatic heterocycles. The normalized spacial score (nSPS) is 21.6. The van der Waals surface area contributed by atoms with Crippen LogP contribution in [-0.4, -0.2) is 24.6 Å². The summed E-state index contributed by atoms with van der Waals surface area (Å²) in [7, 11) is 0. The van der Waals surface area contributed by atoms with Gasteiger partial charge in [-0.05, 0) is 60.7 Å². The van der Waals surface area contributed by atoms with E-state index in [0.717, 1.165) is 37.1 Å². The fourth-order valence-corrected chi connectivity index (χ4v) is 3.64. The second-order valence-electron chi connectivity index (χ2n) is 7.02. The van der Waals surface area contributed by atoms with E-state index in [-0.39, 0.29) is 18.1 Å². The molecule has 2 aliphatic rings. The zero-order valence-corrected chi connectivity index (χ0v) is 14.5. The van der Waals surface area contributed by atoms with E-state index >= 15 is 0 Å². The quantitative estimate of drug-likeness (QED) is 0.902. The highest BCUT2D eigenvalue weighted by molar-refractivity contribution is 5.82. The summed E-state index contributed by atoms with van der Waals surface area (Å²) in [4.78, 5) is 12.1. The molecule has 2 N–H and O–H groups in total. The summed E-state index contributed by atoms with van der Waals surface area (Å²) in [5.74, 6) is 1.12. The topological polar surface area (TPSA) is 50.4 Å². The third-order valence-electron chi connectivity index (χ3n) is 5.03. The maximum Gasteiger partial charge on any atom is 0.237 e. The Balaban J connectivity index is 1.40. The standard InChI is InChI=1S/C21H24N2O2/c1-14-11-18-12-17(8-9-20(18)25-14)16-6-4-15(5-7-16)13-23-21(24)19-3-2-10-22-19/h4-9,12,14,19,22H,2-3,10-11,13H2,1H3,(H,23,24). The minimum atomic E-state index is -0.0182. The molecular weight excluding hydrogens is 312 g/mol. The molecule has 0 bridgehead atoms. The Hall–Kier alpha value is -2.33. The second-order valence-corrected chi connectivity index (χ2v) is 7.02. The number of amides is 1. The van der Waals surface area contributed by atoms with Gasteiger partial charge in [0.15, 0.2) is 0 Å². The average molecular weight is 336 g/mol. The Morgan fingerprint density at radius 3 is 2.76 bits per heavy atom. The summed E-state index contributed by atoms with van der Waals surface area (Å²) >= 11 is 0. The van der Waals surface area contributed by atoms with Crippen LogP contribution in [0, 0.1) is 0 Å². The number of hydrogen-bond acceptors (Lipinski definition) is 3. The first kappa shape index (κ1) is 16.2. The second kappa shape index (κ2) is 6.89. The van der Waals surface area contributed by atoms with Crippen LogP contribution in [0.3, 0.4) is 0 Å². The monoisotopic (exact) mass is 336 g/mol. The molecule has 1 fully saturated rings. The largest absolute Gasteiger partial charge is 0.490 e. The zero-order chi connectivity index (χ0) is 17.2. The molecule has 0 aromatic heterocycles. The highest BCUT2D eigenvalue weighted by atomic mass is 16.5. The minimum absolute atomic E-state index is 0.0182. The molecule has 2 atom stereocenters. The van der Waals surface area contributed by atoms with E-state index < -0.39 is 0 Å². The van der Waals surface area contributed by atoms with E-state index in [9.17, 15) is 4.79 Å². The number of ether oxygens (including phenoxy) is 1. The first-order valence-electron chi connectivity index (χ1n) is 9.09. The van der Waals surface area contributed by atoms with Gasteiger partial charge < -0.3 is 15.4 Å². The molecule has 4 heteroatoms. The summed E-state index contributed by atoms with van der Waals surface area (Å²) in [6.45, 7) is 3.62. The van der Waals surface area contributed by atoms with Gasteiger partial charge in [-0.3, -0.25) is 4.79 Å². The summed E-state index contributed by atoms with van der Waals surface area (Å²) in [6, 6.07) is 14.8. The lowest BCUT2D eigenvalue weighted by atomic mass is 10.00. The van der Waals surface area contributed by atoms with Crippen LogP contribution in [0.15, 0.2) is 42.5 Å². The predicted octanol–water partition coefficient (Wildman–Crippen LogP) is 3.05. The van der Waals surface area contributed by atoms with Crippen LogP contribution in [0.1, 0.15) is 30.9 Å². The van der Waals surface area contributed by atoms with Gasteiger partial charge in [0, 0.05) is 13.0 Å². The van der Waals surface area contributed by atoms with Crippen molar-refractivity contribution < 1.29 is 9.53 Å². The Morgan fingerprint density at radius 2 is 2.00 bits per heavy atom. The van der Waals surface area contributed by atoms with Crippen LogP contribution >= 0.6 is 0 Å². The zero-order valence-electron chi connectivity index (χ0n) is 14.5. The van der Waals surface area contributed by atoms with Gasteiger partial charge in [-0.15, -0.1) is 0 Å². The molecule has 2 heterocycles. The van der Waals surface area contributed by atoms with Crippen molar-refractivity contribution in [3.05, 3.63) is 53.6 Å². The maximum atomic E-state index is 12.1. The van der Waals surface area contributed by atoms with Crippen molar-refractivity contribution in [1.82, 2.24) is 10.6 Å². The molecule has 0 spiro atoms. The molecule has 2 aromatic carbocycles. The van der Waals surface area contributed by atoms with Gasteiger partial charge in [-0.1, -0.05) is 30.3 Å². The van der Waals surface area contributed by atoms with Gasteiger partial charge >= 0.3 is 0 Å².